The molecular weight excluding hydrogens is 324 g/mol. The van der Waals surface area contributed by atoms with Crippen LogP contribution in [0.4, 0.5) is 10.5 Å². The molecule has 0 saturated carbocycles. The van der Waals surface area contributed by atoms with Crippen molar-refractivity contribution in [3.8, 4) is 16.9 Å². The number of hydrogen-bond donors (Lipinski definition) is 1. The molecule has 26 heavy (non-hydrogen) atoms. The zero-order valence-electron chi connectivity index (χ0n) is 14.8. The van der Waals surface area contributed by atoms with E-state index < -0.39 is 0 Å². The van der Waals surface area contributed by atoms with E-state index in [9.17, 15) is 4.79 Å². The Morgan fingerprint density at radius 2 is 1.62 bits per heavy atom. The number of carbonyl (C=O) groups is 1. The van der Waals surface area contributed by atoms with Gasteiger partial charge in [-0.15, -0.1) is 0 Å². The summed E-state index contributed by atoms with van der Waals surface area (Å²) in [5.74, 6) is 0.753. The van der Waals surface area contributed by atoms with Crippen molar-refractivity contribution >= 4 is 11.7 Å². The van der Waals surface area contributed by atoms with Crippen LogP contribution in [0.25, 0.3) is 11.1 Å². The van der Waals surface area contributed by atoms with E-state index in [4.69, 9.17) is 4.74 Å². The van der Waals surface area contributed by atoms with Crippen LogP contribution in [0.1, 0.15) is 17.2 Å². The maximum Gasteiger partial charge on any atom is 0.322 e. The Morgan fingerprint density at radius 3 is 2.27 bits per heavy atom. The molecule has 0 saturated heterocycles. The van der Waals surface area contributed by atoms with Crippen LogP contribution >= 0.6 is 0 Å². The summed E-state index contributed by atoms with van der Waals surface area (Å²) < 4.78 is 5.63. The van der Waals surface area contributed by atoms with Crippen LogP contribution in [-0.2, 0) is 0 Å². The highest BCUT2D eigenvalue weighted by Gasteiger charge is 2.31. The van der Waals surface area contributed by atoms with Gasteiger partial charge in [-0.1, -0.05) is 60.7 Å². The molecule has 0 bridgehead atoms. The largest absolute Gasteiger partial charge is 0.496 e. The number of benzene rings is 3. The molecule has 0 fully saturated rings. The first-order valence-electron chi connectivity index (χ1n) is 8.55. The fraction of sp³-hybridized carbons (Fsp3) is 0.136. The number of nitrogens with zero attached hydrogens (tertiary/aromatic N) is 1. The van der Waals surface area contributed by atoms with Gasteiger partial charge in [-0.25, -0.2) is 4.79 Å². The number of amides is 2. The van der Waals surface area contributed by atoms with E-state index in [-0.39, 0.29) is 12.1 Å². The first-order valence-corrected chi connectivity index (χ1v) is 8.55. The highest BCUT2D eigenvalue weighted by Crippen LogP contribution is 2.42. The molecule has 0 aliphatic carbocycles. The third-order valence-electron chi connectivity index (χ3n) is 4.81. The molecule has 4 nitrogen and oxygen atoms in total. The van der Waals surface area contributed by atoms with Gasteiger partial charge in [0, 0.05) is 24.2 Å². The lowest BCUT2D eigenvalue weighted by Crippen LogP contribution is -2.44. The Bertz CT molecular complexity index is 939. The SMILES string of the molecule is COc1cc2c(cc1-c1ccccc1)C(c1ccccc1)NC(=O)N2C. The smallest absolute Gasteiger partial charge is 0.322 e. The maximum atomic E-state index is 12.5. The maximum absolute atomic E-state index is 12.5. The molecule has 130 valence electrons. The van der Waals surface area contributed by atoms with Gasteiger partial charge in [-0.3, -0.25) is 4.90 Å². The molecule has 0 aromatic heterocycles. The predicted octanol–water partition coefficient (Wildman–Crippen LogP) is 4.61. The highest BCUT2D eigenvalue weighted by molar-refractivity contribution is 5.97. The number of hydrogen-bond acceptors (Lipinski definition) is 2. The van der Waals surface area contributed by atoms with Crippen molar-refractivity contribution in [3.63, 3.8) is 0 Å². The number of rotatable bonds is 3. The van der Waals surface area contributed by atoms with Crippen molar-refractivity contribution in [2.45, 2.75) is 6.04 Å². The molecule has 1 aliphatic heterocycles. The minimum Gasteiger partial charge on any atom is -0.496 e. The summed E-state index contributed by atoms with van der Waals surface area (Å²) in [6.07, 6.45) is 0. The van der Waals surface area contributed by atoms with Crippen LogP contribution in [-0.4, -0.2) is 20.2 Å². The second-order valence-corrected chi connectivity index (χ2v) is 6.33. The van der Waals surface area contributed by atoms with Crippen molar-refractivity contribution in [1.29, 1.82) is 0 Å². The Balaban J connectivity index is 1.93. The lowest BCUT2D eigenvalue weighted by molar-refractivity contribution is 0.244. The van der Waals surface area contributed by atoms with Crippen molar-refractivity contribution < 1.29 is 9.53 Å². The predicted molar refractivity (Wildman–Crippen MR) is 104 cm³/mol. The van der Waals surface area contributed by atoms with Crippen LogP contribution in [0, 0.1) is 0 Å². The standard InChI is InChI=1S/C22H20N2O2/c1-24-19-14-20(26-2)17(15-9-5-3-6-10-15)13-18(19)21(23-22(24)25)16-11-7-4-8-12-16/h3-14,21H,1-2H3,(H,23,25). The quantitative estimate of drug-likeness (QED) is 0.754. The first-order chi connectivity index (χ1) is 12.7. The molecule has 4 rings (SSSR count). The molecule has 4 heteroatoms. The minimum absolute atomic E-state index is 0.124. The second kappa shape index (κ2) is 6.56. The molecule has 1 unspecified atom stereocenters. The lowest BCUT2D eigenvalue weighted by atomic mass is 9.91. The molecule has 0 radical (unpaired) electrons. The van der Waals surface area contributed by atoms with E-state index in [0.29, 0.717) is 0 Å². The normalized spacial score (nSPS) is 16.0. The van der Waals surface area contributed by atoms with E-state index in [1.165, 1.54) is 0 Å². The summed E-state index contributed by atoms with van der Waals surface area (Å²) in [4.78, 5) is 14.1. The van der Waals surface area contributed by atoms with Gasteiger partial charge in [0.1, 0.15) is 5.75 Å². The fourth-order valence-electron chi connectivity index (χ4n) is 3.44. The van der Waals surface area contributed by atoms with Gasteiger partial charge >= 0.3 is 6.03 Å². The number of methoxy groups -OCH3 is 1. The van der Waals surface area contributed by atoms with E-state index in [0.717, 1.165) is 33.7 Å². The Morgan fingerprint density at radius 1 is 0.962 bits per heavy atom. The molecule has 1 aliphatic rings. The Labute approximate surface area is 153 Å². The van der Waals surface area contributed by atoms with Gasteiger partial charge in [0.15, 0.2) is 0 Å². The number of fused-ring (bicyclic) bond motifs is 1. The second-order valence-electron chi connectivity index (χ2n) is 6.33. The lowest BCUT2D eigenvalue weighted by Gasteiger charge is -2.34. The van der Waals surface area contributed by atoms with Crippen molar-refractivity contribution in [2.75, 3.05) is 19.1 Å². The molecule has 1 N–H and O–H groups in total. The van der Waals surface area contributed by atoms with Crippen LogP contribution in [0.2, 0.25) is 0 Å². The number of carbonyl (C=O) groups excluding carboxylic acids is 1. The van der Waals surface area contributed by atoms with Crippen molar-refractivity contribution in [2.24, 2.45) is 0 Å². The zero-order chi connectivity index (χ0) is 18.1. The zero-order valence-corrected chi connectivity index (χ0v) is 14.8. The Kier molecular flexibility index (Phi) is 4.09. The number of ether oxygens (including phenoxy) is 1. The molecule has 2 amide bonds. The van der Waals surface area contributed by atoms with Crippen molar-refractivity contribution in [3.05, 3.63) is 83.9 Å². The molecule has 1 atom stereocenters. The summed E-state index contributed by atoms with van der Waals surface area (Å²) in [5, 5.41) is 3.10. The molecule has 1 heterocycles. The molecule has 3 aromatic carbocycles. The van der Waals surface area contributed by atoms with Gasteiger partial charge in [0.25, 0.3) is 0 Å². The monoisotopic (exact) mass is 344 g/mol. The third kappa shape index (κ3) is 2.69. The summed E-state index contributed by atoms with van der Waals surface area (Å²) >= 11 is 0. The van der Waals surface area contributed by atoms with Gasteiger partial charge in [-0.05, 0) is 17.2 Å². The van der Waals surface area contributed by atoms with Crippen LogP contribution in [0.5, 0.6) is 5.75 Å². The summed E-state index contributed by atoms with van der Waals surface area (Å²) in [5.41, 5.74) is 5.06. The highest BCUT2D eigenvalue weighted by atomic mass is 16.5. The van der Waals surface area contributed by atoms with E-state index in [2.05, 4.69) is 23.5 Å². The molecule has 3 aromatic rings. The summed E-state index contributed by atoms with van der Waals surface area (Å²) in [6.45, 7) is 0. The fourth-order valence-corrected chi connectivity index (χ4v) is 3.44. The molecular formula is C22H20N2O2. The number of urea groups is 1. The number of anilines is 1. The topological polar surface area (TPSA) is 41.6 Å². The van der Waals surface area contributed by atoms with Gasteiger partial charge in [-0.2, -0.15) is 0 Å². The van der Waals surface area contributed by atoms with E-state index in [1.54, 1.807) is 19.1 Å². The summed E-state index contributed by atoms with van der Waals surface area (Å²) in [7, 11) is 3.43. The van der Waals surface area contributed by atoms with Crippen LogP contribution in [0.3, 0.4) is 0 Å². The van der Waals surface area contributed by atoms with Crippen molar-refractivity contribution in [1.82, 2.24) is 5.32 Å². The average Bonchev–Trinajstić information content (AvgIpc) is 2.71. The van der Waals surface area contributed by atoms with Crippen LogP contribution in [0.15, 0.2) is 72.8 Å². The molecule has 0 spiro atoms. The third-order valence-corrected chi connectivity index (χ3v) is 4.81. The van der Waals surface area contributed by atoms with Crippen LogP contribution < -0.4 is 15.0 Å². The summed E-state index contributed by atoms with van der Waals surface area (Å²) in [6, 6.07) is 23.9. The van der Waals surface area contributed by atoms with Gasteiger partial charge in [0.05, 0.1) is 18.8 Å². The number of nitrogens with one attached hydrogen (secondary N) is 1. The van der Waals surface area contributed by atoms with E-state index in [1.807, 2.05) is 54.6 Å². The Hall–Kier alpha value is -3.27. The van der Waals surface area contributed by atoms with Gasteiger partial charge < -0.3 is 10.1 Å². The average molecular weight is 344 g/mol. The first kappa shape index (κ1) is 16.2. The minimum atomic E-state index is -0.191. The van der Waals surface area contributed by atoms with E-state index >= 15 is 0 Å². The van der Waals surface area contributed by atoms with Gasteiger partial charge in [0.2, 0.25) is 0 Å².